The van der Waals surface area contributed by atoms with Crippen molar-refractivity contribution in [2.45, 2.75) is 6.61 Å². The summed E-state index contributed by atoms with van der Waals surface area (Å²) in [4.78, 5) is 17.0. The first-order chi connectivity index (χ1) is 15.5. The molecule has 1 aromatic heterocycles. The van der Waals surface area contributed by atoms with Crippen LogP contribution in [-0.4, -0.2) is 23.1 Å². The van der Waals surface area contributed by atoms with Gasteiger partial charge in [-0.25, -0.2) is 4.39 Å². The molecule has 0 saturated heterocycles. The summed E-state index contributed by atoms with van der Waals surface area (Å²) in [5.74, 6) is -0.744. The van der Waals surface area contributed by atoms with Crippen LogP contribution in [0, 0.1) is 5.82 Å². The maximum absolute atomic E-state index is 14.2. The second-order valence-electron chi connectivity index (χ2n) is 6.89. The molecule has 0 atom stereocenters. The fourth-order valence-corrected chi connectivity index (χ4v) is 3.49. The maximum atomic E-state index is 14.2. The van der Waals surface area contributed by atoms with Gasteiger partial charge in [-0.3, -0.25) is 9.78 Å². The van der Waals surface area contributed by atoms with Crippen molar-refractivity contribution >= 4 is 38.4 Å². The van der Waals surface area contributed by atoms with E-state index in [0.29, 0.717) is 34.7 Å². The number of halogens is 2. The van der Waals surface area contributed by atoms with Crippen LogP contribution in [0.15, 0.2) is 71.3 Å². The molecule has 162 valence electrons. The summed E-state index contributed by atoms with van der Waals surface area (Å²) in [6.45, 7) is 0.353. The minimum Gasteiger partial charge on any atom is -0.507 e. The molecule has 3 aromatic carbocycles. The molecule has 0 bridgehead atoms. The zero-order valence-electron chi connectivity index (χ0n) is 16.9. The number of methoxy groups -OCH3 is 1. The van der Waals surface area contributed by atoms with Gasteiger partial charge >= 0.3 is 0 Å². The summed E-state index contributed by atoms with van der Waals surface area (Å²) in [5, 5.41) is 13.1. The highest BCUT2D eigenvalue weighted by molar-refractivity contribution is 9.10. The molecule has 2 N–H and O–H groups in total. The van der Waals surface area contributed by atoms with Crippen LogP contribution in [0.5, 0.6) is 17.2 Å². The molecule has 0 fully saturated rings. The minimum atomic E-state index is -0.764. The van der Waals surface area contributed by atoms with Gasteiger partial charge in [-0.15, -0.1) is 0 Å². The number of carbonyl (C=O) groups is 1. The second-order valence-corrected chi connectivity index (χ2v) is 7.74. The Labute approximate surface area is 191 Å². The third-order valence-corrected chi connectivity index (χ3v) is 5.43. The highest BCUT2D eigenvalue weighted by atomic mass is 79.9. The summed E-state index contributed by atoms with van der Waals surface area (Å²) in [6.07, 6.45) is 1.53. The van der Waals surface area contributed by atoms with E-state index in [0.717, 1.165) is 17.7 Å². The van der Waals surface area contributed by atoms with Crippen LogP contribution in [0.4, 0.5) is 10.1 Å². The first-order valence-electron chi connectivity index (χ1n) is 9.59. The minimum absolute atomic E-state index is 0.161. The monoisotopic (exact) mass is 496 g/mol. The molecular formula is C24H18BrFN2O4. The first-order valence-corrected chi connectivity index (χ1v) is 10.4. The average molecular weight is 497 g/mol. The maximum Gasteiger partial charge on any atom is 0.258 e. The van der Waals surface area contributed by atoms with E-state index in [4.69, 9.17) is 9.47 Å². The number of fused-ring (bicyclic) bond motifs is 1. The third kappa shape index (κ3) is 4.50. The Bertz CT molecular complexity index is 1300. The van der Waals surface area contributed by atoms with Crippen LogP contribution >= 0.6 is 15.9 Å². The Morgan fingerprint density at radius 3 is 2.66 bits per heavy atom. The number of benzene rings is 3. The van der Waals surface area contributed by atoms with Gasteiger partial charge in [-0.1, -0.05) is 30.3 Å². The quantitative estimate of drug-likeness (QED) is 0.358. The SMILES string of the molecule is COc1cc2c(NC(=O)c3cc(O)c(Br)cc3F)ccnc2cc1OCc1ccccc1. The highest BCUT2D eigenvalue weighted by Gasteiger charge is 2.17. The lowest BCUT2D eigenvalue weighted by atomic mass is 10.1. The Morgan fingerprint density at radius 2 is 1.91 bits per heavy atom. The molecule has 0 aliphatic rings. The van der Waals surface area contributed by atoms with E-state index in [1.807, 2.05) is 30.3 Å². The molecule has 0 radical (unpaired) electrons. The van der Waals surface area contributed by atoms with E-state index >= 15 is 0 Å². The van der Waals surface area contributed by atoms with Gasteiger partial charge in [0.2, 0.25) is 0 Å². The fourth-order valence-electron chi connectivity index (χ4n) is 3.17. The number of hydrogen-bond acceptors (Lipinski definition) is 5. The van der Waals surface area contributed by atoms with Crippen molar-refractivity contribution in [2.75, 3.05) is 12.4 Å². The van der Waals surface area contributed by atoms with Crippen LogP contribution in [0.1, 0.15) is 15.9 Å². The Morgan fingerprint density at radius 1 is 1.12 bits per heavy atom. The lowest BCUT2D eigenvalue weighted by molar-refractivity contribution is 0.102. The van der Waals surface area contributed by atoms with E-state index in [-0.39, 0.29) is 15.8 Å². The number of aromatic nitrogens is 1. The van der Waals surface area contributed by atoms with Gasteiger partial charge in [-0.05, 0) is 45.8 Å². The molecule has 4 aromatic rings. The zero-order chi connectivity index (χ0) is 22.7. The van der Waals surface area contributed by atoms with E-state index in [1.54, 1.807) is 18.2 Å². The Balaban J connectivity index is 1.64. The number of anilines is 1. The number of hydrogen-bond donors (Lipinski definition) is 2. The van der Waals surface area contributed by atoms with Crippen molar-refractivity contribution in [1.29, 1.82) is 0 Å². The summed E-state index contributed by atoms with van der Waals surface area (Å²) >= 11 is 3.02. The van der Waals surface area contributed by atoms with E-state index in [9.17, 15) is 14.3 Å². The molecular weight excluding hydrogens is 479 g/mol. The van der Waals surface area contributed by atoms with Crippen LogP contribution < -0.4 is 14.8 Å². The Kier molecular flexibility index (Phi) is 6.23. The number of phenols is 1. The number of ether oxygens (including phenoxy) is 2. The van der Waals surface area contributed by atoms with Crippen molar-refractivity contribution in [3.05, 3.63) is 88.3 Å². The predicted octanol–water partition coefficient (Wildman–Crippen LogP) is 5.68. The van der Waals surface area contributed by atoms with Gasteiger partial charge in [0.15, 0.2) is 11.5 Å². The van der Waals surface area contributed by atoms with Crippen LogP contribution in [0.3, 0.4) is 0 Å². The summed E-state index contributed by atoms with van der Waals surface area (Å²) in [5.41, 5.74) is 1.69. The number of rotatable bonds is 6. The van der Waals surface area contributed by atoms with Crippen LogP contribution in [0.25, 0.3) is 10.9 Å². The summed E-state index contributed by atoms with van der Waals surface area (Å²) in [6, 6.07) is 16.8. The molecule has 0 unspecified atom stereocenters. The molecule has 0 aliphatic carbocycles. The smallest absolute Gasteiger partial charge is 0.258 e. The van der Waals surface area contributed by atoms with E-state index in [1.165, 1.54) is 13.3 Å². The molecule has 4 rings (SSSR count). The molecule has 8 heteroatoms. The second kappa shape index (κ2) is 9.23. The number of phenolic OH excluding ortho intramolecular Hbond substituents is 1. The molecule has 1 amide bonds. The van der Waals surface area contributed by atoms with Crippen molar-refractivity contribution in [3.63, 3.8) is 0 Å². The predicted molar refractivity (Wildman–Crippen MR) is 123 cm³/mol. The van der Waals surface area contributed by atoms with Crippen molar-refractivity contribution in [3.8, 4) is 17.2 Å². The molecule has 32 heavy (non-hydrogen) atoms. The molecule has 0 aliphatic heterocycles. The largest absolute Gasteiger partial charge is 0.507 e. The van der Waals surface area contributed by atoms with Gasteiger partial charge in [0, 0.05) is 17.6 Å². The summed E-state index contributed by atoms with van der Waals surface area (Å²) < 4.78 is 25.8. The fraction of sp³-hybridized carbons (Fsp3) is 0.0833. The molecule has 6 nitrogen and oxygen atoms in total. The molecule has 1 heterocycles. The zero-order valence-corrected chi connectivity index (χ0v) is 18.5. The summed E-state index contributed by atoms with van der Waals surface area (Å²) in [7, 11) is 1.52. The van der Waals surface area contributed by atoms with Gasteiger partial charge in [-0.2, -0.15) is 0 Å². The van der Waals surface area contributed by atoms with E-state index < -0.39 is 11.7 Å². The number of amides is 1. The third-order valence-electron chi connectivity index (χ3n) is 4.79. The van der Waals surface area contributed by atoms with E-state index in [2.05, 4.69) is 26.2 Å². The van der Waals surface area contributed by atoms with Crippen LogP contribution in [0.2, 0.25) is 0 Å². The molecule has 0 spiro atoms. The van der Waals surface area contributed by atoms with Crippen molar-refractivity contribution in [2.24, 2.45) is 0 Å². The number of pyridine rings is 1. The lowest BCUT2D eigenvalue weighted by Gasteiger charge is -2.14. The lowest BCUT2D eigenvalue weighted by Crippen LogP contribution is -2.14. The number of carbonyl (C=O) groups excluding carboxylic acids is 1. The standard InChI is InChI=1S/C24H18BrFN2O4/c1-31-22-10-16-19(28-24(30)15-9-21(29)17(25)11-18(15)26)7-8-27-20(16)12-23(22)32-13-14-5-3-2-4-6-14/h2-12,29H,13H2,1H3,(H,27,28,30). The van der Waals surface area contributed by atoms with Gasteiger partial charge < -0.3 is 19.9 Å². The number of aromatic hydroxyl groups is 1. The van der Waals surface area contributed by atoms with Crippen LogP contribution in [-0.2, 0) is 6.61 Å². The van der Waals surface area contributed by atoms with Crippen molar-refractivity contribution < 1.29 is 23.8 Å². The number of nitrogens with one attached hydrogen (secondary N) is 1. The molecule has 0 saturated carbocycles. The highest BCUT2D eigenvalue weighted by Crippen LogP contribution is 2.35. The Hall–Kier alpha value is -3.65. The topological polar surface area (TPSA) is 80.7 Å². The first kappa shape index (κ1) is 21.6. The van der Waals surface area contributed by atoms with Gasteiger partial charge in [0.1, 0.15) is 18.2 Å². The van der Waals surface area contributed by atoms with Crippen molar-refractivity contribution in [1.82, 2.24) is 4.98 Å². The average Bonchev–Trinajstić information content (AvgIpc) is 2.80. The van der Waals surface area contributed by atoms with Gasteiger partial charge in [0.25, 0.3) is 5.91 Å². The number of nitrogens with zero attached hydrogens (tertiary/aromatic N) is 1. The normalized spacial score (nSPS) is 10.7. The van der Waals surface area contributed by atoms with Gasteiger partial charge in [0.05, 0.1) is 28.4 Å².